The van der Waals surface area contributed by atoms with E-state index in [1.165, 1.54) is 32.1 Å². The third-order valence-corrected chi connectivity index (χ3v) is 4.34. The third-order valence-electron chi connectivity index (χ3n) is 4.34. The molecule has 3 heteroatoms. The Morgan fingerprint density at radius 2 is 2.11 bits per heavy atom. The predicted octanol–water partition coefficient (Wildman–Crippen LogP) is 2.90. The summed E-state index contributed by atoms with van der Waals surface area (Å²) in [4.78, 5) is 2.39. The zero-order chi connectivity index (χ0) is 14.1. The highest BCUT2D eigenvalue weighted by Gasteiger charge is 2.27. The minimum absolute atomic E-state index is 0.370. The number of morpholine rings is 1. The first-order valence-electron chi connectivity index (χ1n) is 8.24. The number of nitrogens with zero attached hydrogens (tertiary/aromatic N) is 1. The molecule has 1 fully saturated rings. The minimum atomic E-state index is 0.370. The number of hydrogen-bond acceptors (Lipinski definition) is 3. The Bertz CT molecular complexity index is 223. The van der Waals surface area contributed by atoms with Gasteiger partial charge in [0.15, 0.2) is 0 Å². The van der Waals surface area contributed by atoms with Crippen LogP contribution in [0, 0.1) is 5.92 Å². The van der Waals surface area contributed by atoms with E-state index in [0.717, 1.165) is 32.2 Å². The van der Waals surface area contributed by atoms with E-state index in [9.17, 15) is 0 Å². The monoisotopic (exact) mass is 270 g/mol. The normalized spacial score (nSPS) is 24.3. The number of unbranched alkanes of at least 4 members (excludes halogenated alkanes) is 1. The lowest BCUT2D eigenvalue weighted by atomic mass is 9.89. The van der Waals surface area contributed by atoms with Gasteiger partial charge in [-0.2, -0.15) is 0 Å². The lowest BCUT2D eigenvalue weighted by Gasteiger charge is -2.37. The van der Waals surface area contributed by atoms with Gasteiger partial charge in [-0.3, -0.25) is 0 Å². The Balaban J connectivity index is 2.49. The summed E-state index contributed by atoms with van der Waals surface area (Å²) >= 11 is 0. The van der Waals surface area contributed by atoms with Gasteiger partial charge in [0.1, 0.15) is 0 Å². The van der Waals surface area contributed by atoms with Crippen LogP contribution in [-0.4, -0.2) is 50.3 Å². The molecule has 1 aliphatic rings. The van der Waals surface area contributed by atoms with Crippen LogP contribution in [0.3, 0.4) is 0 Å². The third kappa shape index (κ3) is 6.24. The van der Waals surface area contributed by atoms with Gasteiger partial charge < -0.3 is 15.0 Å². The molecule has 19 heavy (non-hydrogen) atoms. The van der Waals surface area contributed by atoms with Crippen LogP contribution in [0.15, 0.2) is 0 Å². The van der Waals surface area contributed by atoms with Crippen molar-refractivity contribution in [2.45, 2.75) is 65.0 Å². The van der Waals surface area contributed by atoms with Crippen LogP contribution in [0.1, 0.15) is 52.9 Å². The average Bonchev–Trinajstić information content (AvgIpc) is 2.42. The van der Waals surface area contributed by atoms with Gasteiger partial charge in [-0.25, -0.2) is 0 Å². The van der Waals surface area contributed by atoms with Gasteiger partial charge in [0.25, 0.3) is 0 Å². The minimum Gasteiger partial charge on any atom is -0.374 e. The van der Waals surface area contributed by atoms with E-state index in [2.05, 4.69) is 38.0 Å². The molecule has 0 radical (unpaired) electrons. The van der Waals surface area contributed by atoms with Crippen molar-refractivity contribution in [2.24, 2.45) is 5.92 Å². The van der Waals surface area contributed by atoms with Crippen molar-refractivity contribution in [1.29, 1.82) is 0 Å². The lowest BCUT2D eigenvalue weighted by Crippen LogP contribution is -2.51. The van der Waals surface area contributed by atoms with Gasteiger partial charge in [0, 0.05) is 19.1 Å². The summed E-state index contributed by atoms with van der Waals surface area (Å²) < 4.78 is 6.01. The summed E-state index contributed by atoms with van der Waals surface area (Å²) in [5, 5.41) is 3.66. The molecular formula is C16H34N2O. The number of rotatable bonds is 9. The van der Waals surface area contributed by atoms with Gasteiger partial charge in [-0.15, -0.1) is 0 Å². The van der Waals surface area contributed by atoms with E-state index < -0.39 is 0 Å². The molecule has 3 atom stereocenters. The fourth-order valence-corrected chi connectivity index (χ4v) is 3.02. The summed E-state index contributed by atoms with van der Waals surface area (Å²) in [5.41, 5.74) is 0. The number of likely N-dealkylation sites (N-methyl/N-ethyl adjacent to an activating group) is 2. The smallest absolute Gasteiger partial charge is 0.0855 e. The average molecular weight is 270 g/mol. The van der Waals surface area contributed by atoms with E-state index in [1.807, 2.05) is 0 Å². The highest BCUT2D eigenvalue weighted by molar-refractivity contribution is 4.83. The van der Waals surface area contributed by atoms with E-state index in [-0.39, 0.29) is 0 Å². The Labute approximate surface area is 120 Å². The molecule has 3 nitrogen and oxygen atoms in total. The molecule has 0 spiro atoms. The highest BCUT2D eigenvalue weighted by Crippen LogP contribution is 2.22. The van der Waals surface area contributed by atoms with Crippen LogP contribution < -0.4 is 5.32 Å². The van der Waals surface area contributed by atoms with Crippen molar-refractivity contribution >= 4 is 0 Å². The van der Waals surface area contributed by atoms with Gasteiger partial charge in [0.2, 0.25) is 0 Å². The van der Waals surface area contributed by atoms with Crippen LogP contribution >= 0.6 is 0 Å². The Morgan fingerprint density at radius 1 is 1.32 bits per heavy atom. The maximum atomic E-state index is 6.01. The van der Waals surface area contributed by atoms with Gasteiger partial charge in [-0.1, -0.05) is 46.5 Å². The zero-order valence-corrected chi connectivity index (χ0v) is 13.5. The molecule has 0 aliphatic carbocycles. The lowest BCUT2D eigenvalue weighted by molar-refractivity contribution is -0.0424. The zero-order valence-electron chi connectivity index (χ0n) is 13.5. The maximum absolute atomic E-state index is 6.01. The van der Waals surface area contributed by atoms with Crippen molar-refractivity contribution in [3.05, 3.63) is 0 Å². The Kier molecular flexibility index (Phi) is 8.67. The fourth-order valence-electron chi connectivity index (χ4n) is 3.02. The first kappa shape index (κ1) is 16.9. The molecule has 114 valence electrons. The molecule has 0 aromatic rings. The van der Waals surface area contributed by atoms with Gasteiger partial charge in [0.05, 0.1) is 12.7 Å². The van der Waals surface area contributed by atoms with Gasteiger partial charge >= 0.3 is 0 Å². The first-order chi connectivity index (χ1) is 9.21. The van der Waals surface area contributed by atoms with Crippen molar-refractivity contribution < 1.29 is 4.74 Å². The number of nitrogens with one attached hydrogen (secondary N) is 1. The van der Waals surface area contributed by atoms with Crippen LogP contribution in [0.2, 0.25) is 0 Å². The second-order valence-corrected chi connectivity index (χ2v) is 5.99. The standard InChI is InChI=1S/C16H34N2O/c1-5-8-9-14(6-2)12-15(17-7-3)16-13-18(4)10-11-19-16/h14-17H,5-13H2,1-4H3. The molecule has 0 bridgehead atoms. The van der Waals surface area contributed by atoms with Crippen molar-refractivity contribution in [3.63, 3.8) is 0 Å². The predicted molar refractivity (Wildman–Crippen MR) is 82.6 cm³/mol. The topological polar surface area (TPSA) is 24.5 Å². The second kappa shape index (κ2) is 9.73. The van der Waals surface area contributed by atoms with Gasteiger partial charge in [-0.05, 0) is 25.9 Å². The second-order valence-electron chi connectivity index (χ2n) is 5.99. The number of hydrogen-bond donors (Lipinski definition) is 1. The van der Waals surface area contributed by atoms with Crippen molar-refractivity contribution in [1.82, 2.24) is 10.2 Å². The molecule has 0 saturated carbocycles. The molecule has 3 unspecified atom stereocenters. The molecule has 0 aromatic heterocycles. The summed E-state index contributed by atoms with van der Waals surface area (Å²) in [5.74, 6) is 0.847. The Hall–Kier alpha value is -0.120. The van der Waals surface area contributed by atoms with Crippen LogP contribution in [0.5, 0.6) is 0 Å². The summed E-state index contributed by atoms with van der Waals surface area (Å²) in [6.07, 6.45) is 6.98. The highest BCUT2D eigenvalue weighted by atomic mass is 16.5. The van der Waals surface area contributed by atoms with E-state index >= 15 is 0 Å². The fraction of sp³-hybridized carbons (Fsp3) is 1.00. The molecule has 1 aliphatic heterocycles. The molecule has 1 rings (SSSR count). The molecule has 0 aromatic carbocycles. The van der Waals surface area contributed by atoms with Crippen LogP contribution in [0.4, 0.5) is 0 Å². The first-order valence-corrected chi connectivity index (χ1v) is 8.24. The number of ether oxygens (including phenoxy) is 1. The van der Waals surface area contributed by atoms with E-state index in [4.69, 9.17) is 4.74 Å². The molecule has 0 amide bonds. The quantitative estimate of drug-likeness (QED) is 0.697. The molecule has 1 heterocycles. The SMILES string of the molecule is CCCCC(CC)CC(NCC)C1CN(C)CCO1. The Morgan fingerprint density at radius 3 is 2.68 bits per heavy atom. The molecule has 1 saturated heterocycles. The molecular weight excluding hydrogens is 236 g/mol. The largest absolute Gasteiger partial charge is 0.374 e. The summed E-state index contributed by atoms with van der Waals surface area (Å²) in [6, 6.07) is 0.523. The summed E-state index contributed by atoms with van der Waals surface area (Å²) in [7, 11) is 2.20. The van der Waals surface area contributed by atoms with Crippen LogP contribution in [0.25, 0.3) is 0 Å². The van der Waals surface area contributed by atoms with Crippen molar-refractivity contribution in [3.8, 4) is 0 Å². The van der Waals surface area contributed by atoms with Crippen LogP contribution in [-0.2, 0) is 4.74 Å². The molecule has 1 N–H and O–H groups in total. The summed E-state index contributed by atoms with van der Waals surface area (Å²) in [6.45, 7) is 10.9. The van der Waals surface area contributed by atoms with Crippen molar-refractivity contribution in [2.75, 3.05) is 33.3 Å². The van der Waals surface area contributed by atoms with E-state index in [1.54, 1.807) is 0 Å². The maximum Gasteiger partial charge on any atom is 0.0855 e. The van der Waals surface area contributed by atoms with E-state index in [0.29, 0.717) is 12.1 Å².